The summed E-state index contributed by atoms with van der Waals surface area (Å²) in [6.07, 6.45) is 3.37. The van der Waals surface area contributed by atoms with Crippen molar-refractivity contribution in [1.82, 2.24) is 10.6 Å². The zero-order chi connectivity index (χ0) is 15.1. The second kappa shape index (κ2) is 7.81. The Morgan fingerprint density at radius 1 is 1.26 bits per heavy atom. The van der Waals surface area contributed by atoms with E-state index in [-0.39, 0.29) is 11.9 Å². The minimum absolute atomic E-state index is 0.195. The van der Waals surface area contributed by atoms with Crippen molar-refractivity contribution >= 4 is 12.0 Å². The van der Waals surface area contributed by atoms with Crippen molar-refractivity contribution in [3.63, 3.8) is 0 Å². The van der Waals surface area contributed by atoms with Gasteiger partial charge >= 0.3 is 6.09 Å². The topological polar surface area (TPSA) is 67.4 Å². The number of hydrogen-bond donors (Lipinski definition) is 2. The summed E-state index contributed by atoms with van der Waals surface area (Å²) in [4.78, 5) is 22.9. The summed E-state index contributed by atoms with van der Waals surface area (Å²) >= 11 is 0. The molecule has 0 saturated carbocycles. The van der Waals surface area contributed by atoms with Gasteiger partial charge in [-0.2, -0.15) is 0 Å². The van der Waals surface area contributed by atoms with E-state index in [2.05, 4.69) is 24.5 Å². The molecule has 0 aromatic carbocycles. The lowest BCUT2D eigenvalue weighted by atomic mass is 10.0. The Labute approximate surface area is 115 Å². The monoisotopic (exact) mass is 270 g/mol. The van der Waals surface area contributed by atoms with Crippen LogP contribution in [-0.4, -0.2) is 30.7 Å². The Kier molecular flexibility index (Phi) is 7.19. The van der Waals surface area contributed by atoms with Crippen molar-refractivity contribution in [3.8, 4) is 0 Å². The number of likely N-dealkylation sites (N-methyl/N-ethyl adjacent to an activating group) is 1. The Morgan fingerprint density at radius 3 is 2.26 bits per heavy atom. The van der Waals surface area contributed by atoms with Crippen molar-refractivity contribution in [2.45, 2.75) is 52.7 Å². The molecule has 0 saturated heterocycles. The molecule has 19 heavy (non-hydrogen) atoms. The van der Waals surface area contributed by atoms with Crippen LogP contribution in [0.1, 0.15) is 41.0 Å². The fourth-order valence-electron chi connectivity index (χ4n) is 1.44. The average molecular weight is 270 g/mol. The van der Waals surface area contributed by atoms with Crippen LogP contribution in [0, 0.1) is 5.92 Å². The van der Waals surface area contributed by atoms with Gasteiger partial charge in [-0.05, 0) is 33.1 Å². The molecule has 5 heteroatoms. The van der Waals surface area contributed by atoms with Crippen LogP contribution in [0.3, 0.4) is 0 Å². The van der Waals surface area contributed by atoms with Crippen LogP contribution >= 0.6 is 0 Å². The zero-order valence-corrected chi connectivity index (χ0v) is 12.7. The van der Waals surface area contributed by atoms with Crippen molar-refractivity contribution in [2.75, 3.05) is 7.05 Å². The normalized spacial score (nSPS) is 13.4. The van der Waals surface area contributed by atoms with E-state index in [0.717, 1.165) is 6.42 Å². The molecule has 0 heterocycles. The van der Waals surface area contributed by atoms with Crippen LogP contribution in [0.25, 0.3) is 0 Å². The van der Waals surface area contributed by atoms with Gasteiger partial charge in [0.25, 0.3) is 0 Å². The number of alkyl carbamates (subject to hydrolysis) is 1. The molecule has 5 nitrogen and oxygen atoms in total. The lowest BCUT2D eigenvalue weighted by Crippen LogP contribution is -2.39. The quantitative estimate of drug-likeness (QED) is 0.753. The SMILES string of the molecule is CNC(=O)/C=C/C(CC(C)C)NC(=O)OC(C)(C)C. The molecule has 2 amide bonds. The molecule has 0 aromatic rings. The molecule has 0 bridgehead atoms. The minimum Gasteiger partial charge on any atom is -0.444 e. The third kappa shape index (κ3) is 10.1. The van der Waals surface area contributed by atoms with Crippen LogP contribution in [0.5, 0.6) is 0 Å². The second-order valence-electron chi connectivity index (χ2n) is 5.86. The first kappa shape index (κ1) is 17.5. The third-order valence-corrected chi connectivity index (χ3v) is 2.15. The van der Waals surface area contributed by atoms with Gasteiger partial charge in [0, 0.05) is 13.1 Å². The van der Waals surface area contributed by atoms with Gasteiger partial charge in [-0.25, -0.2) is 4.79 Å². The zero-order valence-electron chi connectivity index (χ0n) is 12.7. The van der Waals surface area contributed by atoms with Gasteiger partial charge in [0.05, 0.1) is 6.04 Å². The van der Waals surface area contributed by atoms with E-state index in [1.807, 2.05) is 20.8 Å². The Hall–Kier alpha value is -1.52. The molecule has 2 N–H and O–H groups in total. The van der Waals surface area contributed by atoms with Crippen LogP contribution in [0.15, 0.2) is 12.2 Å². The molecule has 0 rings (SSSR count). The number of rotatable bonds is 5. The first-order valence-corrected chi connectivity index (χ1v) is 6.53. The van der Waals surface area contributed by atoms with E-state index < -0.39 is 11.7 Å². The number of hydrogen-bond acceptors (Lipinski definition) is 3. The number of amides is 2. The summed E-state index contributed by atoms with van der Waals surface area (Å²) in [5.74, 6) is 0.203. The van der Waals surface area contributed by atoms with Crippen LogP contribution in [0.2, 0.25) is 0 Å². The van der Waals surface area contributed by atoms with E-state index in [9.17, 15) is 9.59 Å². The first-order valence-electron chi connectivity index (χ1n) is 6.53. The Balaban J connectivity index is 4.55. The number of carbonyl (C=O) groups is 2. The van der Waals surface area contributed by atoms with Gasteiger partial charge in [-0.15, -0.1) is 0 Å². The highest BCUT2D eigenvalue weighted by atomic mass is 16.6. The number of nitrogens with one attached hydrogen (secondary N) is 2. The van der Waals surface area contributed by atoms with E-state index in [1.165, 1.54) is 6.08 Å². The van der Waals surface area contributed by atoms with Crippen LogP contribution in [0.4, 0.5) is 4.79 Å². The molecule has 0 aliphatic carbocycles. The fourth-order valence-corrected chi connectivity index (χ4v) is 1.44. The summed E-state index contributed by atoms with van der Waals surface area (Å²) in [5.41, 5.74) is -0.531. The maximum Gasteiger partial charge on any atom is 0.408 e. The standard InChI is InChI=1S/C14H26N2O3/c1-10(2)9-11(7-8-12(17)15-6)16-13(18)19-14(3,4)5/h7-8,10-11H,9H2,1-6H3,(H,15,17)(H,16,18)/b8-7+. The smallest absolute Gasteiger partial charge is 0.408 e. The lowest BCUT2D eigenvalue weighted by molar-refractivity contribution is -0.116. The molecule has 1 unspecified atom stereocenters. The van der Waals surface area contributed by atoms with E-state index in [4.69, 9.17) is 4.74 Å². The van der Waals surface area contributed by atoms with Crippen molar-refractivity contribution in [3.05, 3.63) is 12.2 Å². The van der Waals surface area contributed by atoms with Gasteiger partial charge in [-0.3, -0.25) is 4.79 Å². The number of carbonyl (C=O) groups excluding carboxylic acids is 2. The summed E-state index contributed by atoms with van der Waals surface area (Å²) in [5, 5.41) is 5.25. The Bertz CT molecular complexity index is 330. The van der Waals surface area contributed by atoms with Crippen molar-refractivity contribution in [2.24, 2.45) is 5.92 Å². The summed E-state index contributed by atoms with van der Waals surface area (Å²) in [6.45, 7) is 9.54. The molecule has 110 valence electrons. The van der Waals surface area contributed by atoms with Crippen LogP contribution < -0.4 is 10.6 Å². The molecule has 0 spiro atoms. The maximum atomic E-state index is 11.7. The predicted octanol–water partition coefficient (Wildman–Crippen LogP) is 2.23. The Morgan fingerprint density at radius 2 is 1.84 bits per heavy atom. The van der Waals surface area contributed by atoms with Gasteiger partial charge in [0.15, 0.2) is 0 Å². The van der Waals surface area contributed by atoms with E-state index in [0.29, 0.717) is 5.92 Å². The average Bonchev–Trinajstić information content (AvgIpc) is 2.21. The molecular weight excluding hydrogens is 244 g/mol. The summed E-state index contributed by atoms with van der Waals surface area (Å²) < 4.78 is 5.20. The lowest BCUT2D eigenvalue weighted by Gasteiger charge is -2.23. The molecule has 0 aromatic heterocycles. The highest BCUT2D eigenvalue weighted by Crippen LogP contribution is 2.10. The number of ether oxygens (including phenoxy) is 1. The first-order chi connectivity index (χ1) is 8.64. The van der Waals surface area contributed by atoms with Crippen molar-refractivity contribution in [1.29, 1.82) is 0 Å². The highest BCUT2D eigenvalue weighted by Gasteiger charge is 2.18. The second-order valence-corrected chi connectivity index (χ2v) is 5.86. The summed E-state index contributed by atoms with van der Waals surface area (Å²) in [6, 6.07) is -0.216. The largest absolute Gasteiger partial charge is 0.444 e. The van der Waals surface area contributed by atoms with Gasteiger partial charge in [0.2, 0.25) is 5.91 Å². The molecule has 0 aliphatic heterocycles. The minimum atomic E-state index is -0.531. The summed E-state index contributed by atoms with van der Waals surface area (Å²) in [7, 11) is 1.56. The van der Waals surface area contributed by atoms with E-state index in [1.54, 1.807) is 13.1 Å². The predicted molar refractivity (Wildman–Crippen MR) is 75.8 cm³/mol. The van der Waals surface area contributed by atoms with Crippen molar-refractivity contribution < 1.29 is 14.3 Å². The molecular formula is C14H26N2O3. The van der Waals surface area contributed by atoms with Gasteiger partial charge in [0.1, 0.15) is 5.60 Å². The molecule has 1 atom stereocenters. The van der Waals surface area contributed by atoms with Gasteiger partial charge < -0.3 is 15.4 Å². The maximum absolute atomic E-state index is 11.7. The van der Waals surface area contributed by atoms with Crippen LogP contribution in [-0.2, 0) is 9.53 Å². The highest BCUT2D eigenvalue weighted by molar-refractivity contribution is 5.87. The molecule has 0 aliphatic rings. The third-order valence-electron chi connectivity index (χ3n) is 2.15. The molecule has 0 fully saturated rings. The molecule has 0 radical (unpaired) electrons. The van der Waals surface area contributed by atoms with Gasteiger partial charge in [-0.1, -0.05) is 19.9 Å². The fraction of sp³-hybridized carbons (Fsp3) is 0.714. The van der Waals surface area contributed by atoms with E-state index >= 15 is 0 Å².